The zero-order valence-electron chi connectivity index (χ0n) is 11.0. The van der Waals surface area contributed by atoms with Crippen molar-refractivity contribution in [3.05, 3.63) is 25.5 Å². The maximum absolute atomic E-state index is 4.38. The summed E-state index contributed by atoms with van der Waals surface area (Å²) in [6.45, 7) is 11.2. The van der Waals surface area contributed by atoms with Crippen LogP contribution in [0, 0.1) is 14.9 Å². The molecule has 0 bridgehead atoms. The van der Waals surface area contributed by atoms with Gasteiger partial charge in [0.25, 0.3) is 0 Å². The molecule has 0 saturated carbocycles. The standard InChI is InChI=1S/C9H20N2.2CH3.Y/c1-6-8(2)10-7-11-9(3,4)5;;;/h8H,6-7H2,1-5H3;2*1H3;/q-2;2*-1;. The Bertz CT molecular complexity index is 100.0. The Hall–Kier alpha value is 1.02. The summed E-state index contributed by atoms with van der Waals surface area (Å²) in [6, 6.07) is 0.459. The second-order valence-corrected chi connectivity index (χ2v) is 3.91. The van der Waals surface area contributed by atoms with Crippen LogP contribution in [0.3, 0.4) is 0 Å². The van der Waals surface area contributed by atoms with Crippen LogP contribution in [0.4, 0.5) is 0 Å². The first-order valence-electron chi connectivity index (χ1n) is 4.31. The predicted octanol–water partition coefficient (Wildman–Crippen LogP) is 4.19. The number of hydrogen-bond acceptors (Lipinski definition) is 0. The van der Waals surface area contributed by atoms with Gasteiger partial charge in [0.15, 0.2) is 0 Å². The van der Waals surface area contributed by atoms with Crippen LogP contribution in [0.1, 0.15) is 41.0 Å². The molecule has 0 aliphatic carbocycles. The molecule has 0 N–H and O–H groups in total. The van der Waals surface area contributed by atoms with Crippen LogP contribution in [0.15, 0.2) is 0 Å². The van der Waals surface area contributed by atoms with Crippen molar-refractivity contribution in [3.63, 3.8) is 0 Å². The summed E-state index contributed by atoms with van der Waals surface area (Å²) >= 11 is 0. The van der Waals surface area contributed by atoms with Gasteiger partial charge in [0.05, 0.1) is 0 Å². The normalized spacial score (nSPS) is 11.8. The van der Waals surface area contributed by atoms with Gasteiger partial charge in [-0.15, -0.1) is 11.6 Å². The molecule has 0 aliphatic rings. The van der Waals surface area contributed by atoms with E-state index >= 15 is 0 Å². The van der Waals surface area contributed by atoms with Crippen molar-refractivity contribution in [1.82, 2.24) is 0 Å². The van der Waals surface area contributed by atoms with E-state index in [0.717, 1.165) is 6.42 Å². The van der Waals surface area contributed by atoms with Crippen molar-refractivity contribution in [2.75, 3.05) is 6.67 Å². The predicted molar refractivity (Wildman–Crippen MR) is 63.9 cm³/mol. The maximum atomic E-state index is 4.38. The van der Waals surface area contributed by atoms with Crippen LogP contribution < -0.4 is 0 Å². The molecule has 1 radical (unpaired) electrons. The summed E-state index contributed by atoms with van der Waals surface area (Å²) in [5.74, 6) is 0. The molecule has 0 heterocycles. The van der Waals surface area contributed by atoms with Gasteiger partial charge < -0.3 is 25.5 Å². The average molecular weight is 275 g/mol. The molecule has 1 atom stereocenters. The largest absolute Gasteiger partial charge is 0.678 e. The van der Waals surface area contributed by atoms with Crippen molar-refractivity contribution in [1.29, 1.82) is 0 Å². The Balaban J connectivity index is -0.000000167. The van der Waals surface area contributed by atoms with E-state index in [-0.39, 0.29) is 53.1 Å². The fourth-order valence-corrected chi connectivity index (χ4v) is 0.521. The third-order valence-corrected chi connectivity index (χ3v) is 1.53. The SMILES string of the molecule is CCC(C)[N-]C[N-]C(C)(C)C.[CH3-].[CH3-].[Y]. The molecule has 87 valence electrons. The summed E-state index contributed by atoms with van der Waals surface area (Å²) in [7, 11) is 0. The fourth-order valence-electron chi connectivity index (χ4n) is 0.521. The number of hydrogen-bond donors (Lipinski definition) is 0. The molecule has 14 heavy (non-hydrogen) atoms. The van der Waals surface area contributed by atoms with Gasteiger partial charge in [0.2, 0.25) is 0 Å². The number of nitrogens with zero attached hydrogens (tertiary/aromatic N) is 2. The molecule has 0 spiro atoms. The van der Waals surface area contributed by atoms with Gasteiger partial charge >= 0.3 is 0 Å². The molecule has 0 aromatic rings. The van der Waals surface area contributed by atoms with Gasteiger partial charge in [-0.25, -0.2) is 0 Å². The van der Waals surface area contributed by atoms with Crippen LogP contribution in [0.25, 0.3) is 10.6 Å². The Morgan fingerprint density at radius 3 is 1.86 bits per heavy atom. The van der Waals surface area contributed by atoms with Crippen molar-refractivity contribution in [3.8, 4) is 0 Å². The molecular weight excluding hydrogens is 249 g/mol. The minimum absolute atomic E-state index is 0. The Kier molecular flexibility index (Phi) is 21.0. The van der Waals surface area contributed by atoms with E-state index in [9.17, 15) is 0 Å². The van der Waals surface area contributed by atoms with E-state index in [2.05, 4.69) is 45.3 Å². The number of rotatable bonds is 4. The molecule has 2 nitrogen and oxygen atoms in total. The second kappa shape index (κ2) is 12.1. The van der Waals surface area contributed by atoms with Gasteiger partial charge in [-0.1, -0.05) is 41.0 Å². The van der Waals surface area contributed by atoms with Crippen molar-refractivity contribution in [2.45, 2.75) is 52.6 Å². The molecule has 1 unspecified atom stereocenters. The molecule has 0 rings (SSSR count). The topological polar surface area (TPSA) is 28.2 Å². The van der Waals surface area contributed by atoms with Gasteiger partial charge in [0.1, 0.15) is 0 Å². The molecule has 0 amide bonds. The van der Waals surface area contributed by atoms with Crippen molar-refractivity contribution >= 4 is 0 Å². The van der Waals surface area contributed by atoms with Gasteiger partial charge in [-0.05, 0) is 0 Å². The fraction of sp³-hybridized carbons (Fsp3) is 0.818. The first-order chi connectivity index (χ1) is 4.95. The smallest absolute Gasteiger partial charge is 0 e. The van der Waals surface area contributed by atoms with Crippen molar-refractivity contribution < 1.29 is 32.7 Å². The van der Waals surface area contributed by atoms with Gasteiger partial charge in [-0.3, -0.25) is 6.67 Å². The minimum Gasteiger partial charge on any atom is -0.678 e. The van der Waals surface area contributed by atoms with E-state index in [1.165, 1.54) is 0 Å². The van der Waals surface area contributed by atoms with E-state index in [4.69, 9.17) is 0 Å². The Labute approximate surface area is 117 Å². The molecular formula is C11H26N2Y-4. The maximum Gasteiger partial charge on any atom is 0 e. The first-order valence-corrected chi connectivity index (χ1v) is 4.31. The zero-order valence-corrected chi connectivity index (χ0v) is 13.8. The van der Waals surface area contributed by atoms with Gasteiger partial charge in [-0.2, -0.15) is 0 Å². The molecule has 0 saturated heterocycles. The molecule has 0 aliphatic heterocycles. The van der Waals surface area contributed by atoms with Crippen LogP contribution in [-0.2, 0) is 32.7 Å². The molecule has 0 aromatic heterocycles. The quantitative estimate of drug-likeness (QED) is 0.688. The Morgan fingerprint density at radius 1 is 1.14 bits per heavy atom. The van der Waals surface area contributed by atoms with Gasteiger partial charge in [0, 0.05) is 32.7 Å². The van der Waals surface area contributed by atoms with Crippen LogP contribution in [0.2, 0.25) is 0 Å². The molecule has 3 heteroatoms. The van der Waals surface area contributed by atoms with Crippen LogP contribution in [-0.4, -0.2) is 18.2 Å². The molecule has 0 aromatic carbocycles. The van der Waals surface area contributed by atoms with E-state index < -0.39 is 0 Å². The minimum atomic E-state index is 0. The second-order valence-electron chi connectivity index (χ2n) is 3.91. The van der Waals surface area contributed by atoms with E-state index in [0.29, 0.717) is 12.7 Å². The Morgan fingerprint density at radius 2 is 1.57 bits per heavy atom. The van der Waals surface area contributed by atoms with Crippen LogP contribution >= 0.6 is 0 Å². The van der Waals surface area contributed by atoms with Crippen LogP contribution in [0.5, 0.6) is 0 Å². The summed E-state index contributed by atoms with van der Waals surface area (Å²) in [5, 5.41) is 8.74. The first kappa shape index (κ1) is 24.3. The summed E-state index contributed by atoms with van der Waals surface area (Å²) in [5.41, 5.74) is 0.0664. The monoisotopic (exact) mass is 275 g/mol. The summed E-state index contributed by atoms with van der Waals surface area (Å²) < 4.78 is 0. The summed E-state index contributed by atoms with van der Waals surface area (Å²) in [6.07, 6.45) is 1.11. The third kappa shape index (κ3) is 18.7. The van der Waals surface area contributed by atoms with E-state index in [1.807, 2.05) is 0 Å². The average Bonchev–Trinajstić information content (AvgIpc) is 1.85. The molecule has 0 fully saturated rings. The zero-order chi connectivity index (χ0) is 8.91. The van der Waals surface area contributed by atoms with E-state index in [1.54, 1.807) is 0 Å². The van der Waals surface area contributed by atoms with Crippen molar-refractivity contribution in [2.24, 2.45) is 0 Å². The summed E-state index contributed by atoms with van der Waals surface area (Å²) in [4.78, 5) is 0. The third-order valence-electron chi connectivity index (χ3n) is 1.53.